The molecule has 2 aromatic rings. The second-order valence-corrected chi connectivity index (χ2v) is 12.4. The van der Waals surface area contributed by atoms with Crippen LogP contribution in [0.5, 0.6) is 0 Å². The topological polar surface area (TPSA) is 94.6 Å². The monoisotopic (exact) mass is 483 g/mol. The molecule has 1 saturated carbocycles. The number of benzene rings is 1. The van der Waals surface area contributed by atoms with Crippen molar-refractivity contribution in [2.75, 3.05) is 43.4 Å². The number of rotatable bonds is 5. The standard InChI is InChI=1S/C25H33N5O3S/c1-25(2)14-23(18-12-19(16-26-15-18)30-10-8-29(3)9-11-30)27-22-7-4-17(13-21(22)25)24(31)28-34(32,33)20-5-6-20/h4,7,12-13,15-16,20,23,27H,5-6,8-11,14H2,1-3H3,(H,28,31). The number of piperazine rings is 1. The molecule has 1 atom stereocenters. The van der Waals surface area contributed by atoms with E-state index < -0.39 is 21.2 Å². The van der Waals surface area contributed by atoms with Gasteiger partial charge >= 0.3 is 0 Å². The number of carbonyl (C=O) groups is 1. The van der Waals surface area contributed by atoms with Crippen LogP contribution in [0.15, 0.2) is 36.7 Å². The molecule has 1 aliphatic carbocycles. The van der Waals surface area contributed by atoms with Gasteiger partial charge < -0.3 is 15.1 Å². The quantitative estimate of drug-likeness (QED) is 0.675. The van der Waals surface area contributed by atoms with Crippen LogP contribution in [0.2, 0.25) is 0 Å². The van der Waals surface area contributed by atoms with E-state index in [1.807, 2.05) is 24.5 Å². The molecule has 0 radical (unpaired) electrons. The molecule has 1 amide bonds. The van der Waals surface area contributed by atoms with Gasteiger partial charge in [-0.15, -0.1) is 0 Å². The number of sulfonamides is 1. The van der Waals surface area contributed by atoms with Crippen LogP contribution < -0.4 is 14.9 Å². The summed E-state index contributed by atoms with van der Waals surface area (Å²) >= 11 is 0. The van der Waals surface area contributed by atoms with E-state index in [1.165, 1.54) is 0 Å². The van der Waals surface area contributed by atoms with Crippen LogP contribution in [0.4, 0.5) is 11.4 Å². The zero-order valence-corrected chi connectivity index (χ0v) is 20.9. The van der Waals surface area contributed by atoms with Gasteiger partial charge in [-0.1, -0.05) is 13.8 Å². The fourth-order valence-electron chi connectivity index (χ4n) is 4.95. The molecule has 9 heteroatoms. The number of carbonyl (C=O) groups excluding carboxylic acids is 1. The average molecular weight is 484 g/mol. The van der Waals surface area contributed by atoms with E-state index in [4.69, 9.17) is 0 Å². The van der Waals surface area contributed by atoms with Gasteiger partial charge in [-0.05, 0) is 67.1 Å². The third kappa shape index (κ3) is 4.63. The van der Waals surface area contributed by atoms with Gasteiger partial charge in [0.2, 0.25) is 10.0 Å². The van der Waals surface area contributed by atoms with Gasteiger partial charge in [0.05, 0.1) is 23.2 Å². The van der Waals surface area contributed by atoms with Crippen molar-refractivity contribution in [3.05, 3.63) is 53.3 Å². The van der Waals surface area contributed by atoms with Crippen molar-refractivity contribution in [3.8, 4) is 0 Å². The molecule has 8 nitrogen and oxygen atoms in total. The maximum absolute atomic E-state index is 12.7. The van der Waals surface area contributed by atoms with E-state index in [9.17, 15) is 13.2 Å². The van der Waals surface area contributed by atoms with Crippen molar-refractivity contribution in [2.45, 2.75) is 49.8 Å². The lowest BCUT2D eigenvalue weighted by Gasteiger charge is -2.39. The average Bonchev–Trinajstić information content (AvgIpc) is 3.65. The van der Waals surface area contributed by atoms with Gasteiger partial charge in [-0.3, -0.25) is 9.78 Å². The third-order valence-electron chi connectivity index (χ3n) is 7.27. The molecule has 182 valence electrons. The highest BCUT2D eigenvalue weighted by Gasteiger charge is 2.38. The molecular weight excluding hydrogens is 450 g/mol. The fraction of sp³-hybridized carbons (Fsp3) is 0.520. The Hall–Kier alpha value is -2.65. The van der Waals surface area contributed by atoms with Crippen LogP contribution in [0.3, 0.4) is 0 Å². The summed E-state index contributed by atoms with van der Waals surface area (Å²) in [6.07, 6.45) is 5.95. The molecule has 1 aromatic heterocycles. The van der Waals surface area contributed by atoms with Gasteiger partial charge in [0.1, 0.15) is 0 Å². The summed E-state index contributed by atoms with van der Waals surface area (Å²) in [6.45, 7) is 8.42. The third-order valence-corrected chi connectivity index (χ3v) is 9.09. The summed E-state index contributed by atoms with van der Waals surface area (Å²) in [5.41, 5.74) is 4.44. The summed E-state index contributed by atoms with van der Waals surface area (Å²) in [4.78, 5) is 21.9. The van der Waals surface area contributed by atoms with Crippen molar-refractivity contribution < 1.29 is 13.2 Å². The van der Waals surface area contributed by atoms with Crippen molar-refractivity contribution in [1.29, 1.82) is 0 Å². The summed E-state index contributed by atoms with van der Waals surface area (Å²) < 4.78 is 26.6. The molecule has 3 aliphatic rings. The van der Waals surface area contributed by atoms with Gasteiger partial charge in [-0.25, -0.2) is 13.1 Å². The minimum Gasteiger partial charge on any atom is -0.378 e. The van der Waals surface area contributed by atoms with Crippen molar-refractivity contribution >= 4 is 27.3 Å². The molecule has 2 aliphatic heterocycles. The molecule has 3 heterocycles. The first-order chi connectivity index (χ1) is 16.1. The predicted octanol–water partition coefficient (Wildman–Crippen LogP) is 2.89. The number of anilines is 2. The number of likely N-dealkylation sites (N-methyl/N-ethyl adjacent to an activating group) is 1. The summed E-state index contributed by atoms with van der Waals surface area (Å²) in [7, 11) is -1.42. The first-order valence-corrected chi connectivity index (χ1v) is 13.5. The molecule has 0 bridgehead atoms. The first kappa shape index (κ1) is 23.1. The molecule has 0 spiro atoms. The minimum absolute atomic E-state index is 0.0948. The largest absolute Gasteiger partial charge is 0.378 e. The number of hydrogen-bond acceptors (Lipinski definition) is 7. The fourth-order valence-corrected chi connectivity index (χ4v) is 6.25. The second-order valence-electron chi connectivity index (χ2n) is 10.5. The Balaban J connectivity index is 1.36. The maximum atomic E-state index is 12.7. The smallest absolute Gasteiger partial charge is 0.264 e. The molecule has 1 saturated heterocycles. The lowest BCUT2D eigenvalue weighted by atomic mass is 9.74. The summed E-state index contributed by atoms with van der Waals surface area (Å²) in [6, 6.07) is 7.74. The lowest BCUT2D eigenvalue weighted by molar-refractivity contribution is 0.0981. The normalized spacial score (nSPS) is 22.6. The van der Waals surface area contributed by atoms with Crippen LogP contribution in [0.1, 0.15) is 60.6 Å². The van der Waals surface area contributed by atoms with Crippen LogP contribution >= 0.6 is 0 Å². The predicted molar refractivity (Wildman–Crippen MR) is 134 cm³/mol. The van der Waals surface area contributed by atoms with Crippen molar-refractivity contribution in [2.24, 2.45) is 0 Å². The van der Waals surface area contributed by atoms with Crippen LogP contribution in [0, 0.1) is 0 Å². The van der Waals surface area contributed by atoms with E-state index >= 15 is 0 Å². The van der Waals surface area contributed by atoms with Crippen LogP contribution in [0.25, 0.3) is 0 Å². The van der Waals surface area contributed by atoms with Crippen LogP contribution in [-0.2, 0) is 15.4 Å². The van der Waals surface area contributed by atoms with E-state index in [-0.39, 0.29) is 11.5 Å². The molecule has 2 N–H and O–H groups in total. The number of aromatic nitrogens is 1. The van der Waals surface area contributed by atoms with Gasteiger partial charge in [-0.2, -0.15) is 0 Å². The maximum Gasteiger partial charge on any atom is 0.264 e. The Bertz CT molecular complexity index is 1200. The summed E-state index contributed by atoms with van der Waals surface area (Å²) in [5.74, 6) is -0.559. The summed E-state index contributed by atoms with van der Waals surface area (Å²) in [5, 5.41) is 3.20. The van der Waals surface area contributed by atoms with Gasteiger partial charge in [0, 0.05) is 43.6 Å². The van der Waals surface area contributed by atoms with E-state index in [0.29, 0.717) is 18.4 Å². The second kappa shape index (κ2) is 8.53. The molecule has 5 rings (SSSR count). The van der Waals surface area contributed by atoms with Crippen molar-refractivity contribution in [3.63, 3.8) is 0 Å². The Kier molecular flexibility index (Phi) is 5.80. The number of hydrogen-bond donors (Lipinski definition) is 2. The minimum atomic E-state index is -3.57. The molecule has 1 aromatic carbocycles. The van der Waals surface area contributed by atoms with E-state index in [0.717, 1.165) is 55.1 Å². The van der Waals surface area contributed by atoms with Crippen LogP contribution in [-0.4, -0.2) is 62.7 Å². The highest BCUT2D eigenvalue weighted by atomic mass is 32.2. The SMILES string of the molecule is CN1CCN(c2cncc(C3CC(C)(C)c4cc(C(=O)NS(=O)(=O)C5CC5)ccc4N3)c2)CC1. The molecule has 2 fully saturated rings. The zero-order chi connectivity index (χ0) is 24.1. The van der Waals surface area contributed by atoms with Gasteiger partial charge in [0.15, 0.2) is 0 Å². The Labute approximate surface area is 201 Å². The number of pyridine rings is 1. The highest BCUT2D eigenvalue weighted by molar-refractivity contribution is 7.91. The Morgan fingerprint density at radius 3 is 2.56 bits per heavy atom. The van der Waals surface area contributed by atoms with Crippen molar-refractivity contribution in [1.82, 2.24) is 14.6 Å². The molecule has 34 heavy (non-hydrogen) atoms. The number of fused-ring (bicyclic) bond motifs is 1. The first-order valence-electron chi connectivity index (χ1n) is 12.0. The Morgan fingerprint density at radius 1 is 1.12 bits per heavy atom. The Morgan fingerprint density at radius 2 is 1.85 bits per heavy atom. The number of amides is 1. The molecule has 1 unspecified atom stereocenters. The lowest BCUT2D eigenvalue weighted by Crippen LogP contribution is -2.44. The van der Waals surface area contributed by atoms with Gasteiger partial charge in [0.25, 0.3) is 5.91 Å². The van der Waals surface area contributed by atoms with E-state index in [2.05, 4.69) is 51.8 Å². The highest BCUT2D eigenvalue weighted by Crippen LogP contribution is 2.44. The number of nitrogens with zero attached hydrogens (tertiary/aromatic N) is 3. The molecular formula is C25H33N5O3S. The van der Waals surface area contributed by atoms with E-state index in [1.54, 1.807) is 6.07 Å². The zero-order valence-electron chi connectivity index (χ0n) is 20.0. The number of nitrogens with one attached hydrogen (secondary N) is 2.